The van der Waals surface area contributed by atoms with Gasteiger partial charge in [-0.15, -0.1) is 34.0 Å². The van der Waals surface area contributed by atoms with Crippen LogP contribution in [0, 0.1) is 6.92 Å². The van der Waals surface area contributed by atoms with Crippen LogP contribution in [0.15, 0.2) is 38.2 Å². The first kappa shape index (κ1) is 16.0. The van der Waals surface area contributed by atoms with Crippen LogP contribution >= 0.6 is 45.8 Å². The topological polar surface area (TPSA) is 47.8 Å². The molecular formula is C16H13N3OS4. The van der Waals surface area contributed by atoms with E-state index in [0.29, 0.717) is 0 Å². The van der Waals surface area contributed by atoms with Gasteiger partial charge in [-0.3, -0.25) is 9.36 Å². The summed E-state index contributed by atoms with van der Waals surface area (Å²) in [6.07, 6.45) is 0. The Balaban J connectivity index is 1.73. The fourth-order valence-corrected chi connectivity index (χ4v) is 5.79. The summed E-state index contributed by atoms with van der Waals surface area (Å²) in [6, 6.07) is 4.04. The average molecular weight is 392 g/mol. The van der Waals surface area contributed by atoms with E-state index in [9.17, 15) is 4.79 Å². The molecule has 0 aliphatic carbocycles. The van der Waals surface area contributed by atoms with Gasteiger partial charge in [-0.2, -0.15) is 0 Å². The molecule has 0 aliphatic rings. The molecule has 4 aromatic heterocycles. The molecule has 8 heteroatoms. The summed E-state index contributed by atoms with van der Waals surface area (Å²) >= 11 is 6.37. The van der Waals surface area contributed by atoms with E-state index in [1.807, 2.05) is 29.8 Å². The predicted molar refractivity (Wildman–Crippen MR) is 105 cm³/mol. The molecule has 4 rings (SSSR count). The second-order valence-corrected chi connectivity index (χ2v) is 9.02. The van der Waals surface area contributed by atoms with Gasteiger partial charge in [0.15, 0.2) is 5.16 Å². The van der Waals surface area contributed by atoms with Crippen LogP contribution in [0.5, 0.6) is 0 Å². The van der Waals surface area contributed by atoms with E-state index >= 15 is 0 Å². The number of aryl methyl sites for hydroxylation is 1. The van der Waals surface area contributed by atoms with Gasteiger partial charge in [0.1, 0.15) is 4.83 Å². The van der Waals surface area contributed by atoms with E-state index in [4.69, 9.17) is 4.98 Å². The standard InChI is InChI=1S/C16H13N3OS4/c1-9-17-10(6-22-9)7-24-16-18-14-13(15(20)19(16)2)11(8-23-14)12-4-3-5-21-12/h3-6,8H,7H2,1-2H3. The molecule has 0 radical (unpaired) electrons. The summed E-state index contributed by atoms with van der Waals surface area (Å²) in [7, 11) is 1.79. The van der Waals surface area contributed by atoms with Gasteiger partial charge in [0, 0.05) is 34.0 Å². The quantitative estimate of drug-likeness (QED) is 0.371. The average Bonchev–Trinajstić information content (AvgIpc) is 3.29. The fourth-order valence-electron chi connectivity index (χ4n) is 2.41. The maximum Gasteiger partial charge on any atom is 0.263 e. The molecule has 0 bridgehead atoms. The largest absolute Gasteiger partial charge is 0.290 e. The molecule has 4 aromatic rings. The molecular weight excluding hydrogens is 378 g/mol. The molecule has 0 aliphatic heterocycles. The van der Waals surface area contributed by atoms with E-state index in [-0.39, 0.29) is 5.56 Å². The van der Waals surface area contributed by atoms with Gasteiger partial charge >= 0.3 is 0 Å². The Labute approximate surface area is 154 Å². The molecule has 0 N–H and O–H groups in total. The van der Waals surface area contributed by atoms with Crippen LogP contribution in [0.1, 0.15) is 10.7 Å². The van der Waals surface area contributed by atoms with Crippen molar-refractivity contribution in [2.45, 2.75) is 17.8 Å². The lowest BCUT2D eigenvalue weighted by Crippen LogP contribution is -2.19. The van der Waals surface area contributed by atoms with Gasteiger partial charge in [0.25, 0.3) is 5.56 Å². The molecule has 0 unspecified atom stereocenters. The molecule has 4 heterocycles. The van der Waals surface area contributed by atoms with Crippen LogP contribution in [0.3, 0.4) is 0 Å². The molecule has 0 spiro atoms. The highest BCUT2D eigenvalue weighted by Crippen LogP contribution is 2.34. The first-order chi connectivity index (χ1) is 11.6. The summed E-state index contributed by atoms with van der Waals surface area (Å²) in [6.45, 7) is 2.00. The highest BCUT2D eigenvalue weighted by Gasteiger charge is 2.16. The fraction of sp³-hybridized carbons (Fsp3) is 0.188. The Morgan fingerprint density at radius 1 is 1.21 bits per heavy atom. The summed E-state index contributed by atoms with van der Waals surface area (Å²) in [5, 5.41) is 8.62. The molecule has 0 aromatic carbocycles. The highest BCUT2D eigenvalue weighted by molar-refractivity contribution is 7.98. The summed E-state index contributed by atoms with van der Waals surface area (Å²) in [4.78, 5) is 23.9. The van der Waals surface area contributed by atoms with E-state index in [0.717, 1.165) is 42.3 Å². The van der Waals surface area contributed by atoms with Gasteiger partial charge in [-0.1, -0.05) is 17.8 Å². The zero-order valence-corrected chi connectivity index (χ0v) is 16.2. The zero-order chi connectivity index (χ0) is 16.7. The SMILES string of the molecule is Cc1nc(CSc2nc3scc(-c4cccs4)c3c(=O)n2C)cs1. The lowest BCUT2D eigenvalue weighted by Gasteiger charge is -2.06. The second kappa shape index (κ2) is 6.44. The van der Waals surface area contributed by atoms with Crippen molar-refractivity contribution < 1.29 is 0 Å². The smallest absolute Gasteiger partial charge is 0.263 e. The van der Waals surface area contributed by atoms with Crippen molar-refractivity contribution in [1.82, 2.24) is 14.5 Å². The molecule has 0 amide bonds. The van der Waals surface area contributed by atoms with Gasteiger partial charge in [-0.25, -0.2) is 9.97 Å². The lowest BCUT2D eigenvalue weighted by molar-refractivity contribution is 0.728. The summed E-state index contributed by atoms with van der Waals surface area (Å²) < 4.78 is 1.65. The number of thiazole rings is 1. The predicted octanol–water partition coefficient (Wildman–Crippen LogP) is 4.78. The minimum Gasteiger partial charge on any atom is -0.290 e. The third-order valence-corrected chi connectivity index (χ3v) is 7.24. The number of thioether (sulfide) groups is 1. The Bertz CT molecular complexity index is 1060. The Morgan fingerprint density at radius 2 is 2.08 bits per heavy atom. The first-order valence-electron chi connectivity index (χ1n) is 7.19. The van der Waals surface area contributed by atoms with Crippen molar-refractivity contribution in [3.63, 3.8) is 0 Å². The second-order valence-electron chi connectivity index (χ2n) is 5.21. The molecule has 24 heavy (non-hydrogen) atoms. The van der Waals surface area contributed by atoms with E-state index in [1.165, 1.54) is 11.3 Å². The molecule has 0 saturated carbocycles. The maximum absolute atomic E-state index is 12.8. The number of aromatic nitrogens is 3. The maximum atomic E-state index is 12.8. The van der Waals surface area contributed by atoms with Crippen molar-refractivity contribution in [2.75, 3.05) is 0 Å². The van der Waals surface area contributed by atoms with E-state index in [1.54, 1.807) is 46.1 Å². The molecule has 0 fully saturated rings. The van der Waals surface area contributed by atoms with Gasteiger partial charge in [0.05, 0.1) is 16.1 Å². The monoisotopic (exact) mass is 391 g/mol. The van der Waals surface area contributed by atoms with Crippen LogP contribution in [-0.2, 0) is 12.8 Å². The van der Waals surface area contributed by atoms with E-state index < -0.39 is 0 Å². The molecule has 0 saturated heterocycles. The number of fused-ring (bicyclic) bond motifs is 1. The third kappa shape index (κ3) is 2.83. The summed E-state index contributed by atoms with van der Waals surface area (Å²) in [5.41, 5.74) is 2.04. The Kier molecular flexibility index (Phi) is 4.29. The Hall–Kier alpha value is -1.48. The van der Waals surface area contributed by atoms with Crippen LogP contribution in [0.25, 0.3) is 20.7 Å². The Morgan fingerprint density at radius 3 is 2.79 bits per heavy atom. The minimum absolute atomic E-state index is 0.0154. The molecule has 0 atom stereocenters. The van der Waals surface area contributed by atoms with Crippen molar-refractivity contribution in [3.8, 4) is 10.4 Å². The lowest BCUT2D eigenvalue weighted by atomic mass is 10.2. The third-order valence-electron chi connectivity index (χ3n) is 3.58. The van der Waals surface area contributed by atoms with Crippen molar-refractivity contribution in [2.24, 2.45) is 7.05 Å². The van der Waals surface area contributed by atoms with Crippen LogP contribution in [-0.4, -0.2) is 14.5 Å². The van der Waals surface area contributed by atoms with Crippen LogP contribution in [0.4, 0.5) is 0 Å². The normalized spacial score (nSPS) is 11.4. The highest BCUT2D eigenvalue weighted by atomic mass is 32.2. The van der Waals surface area contributed by atoms with E-state index in [2.05, 4.69) is 10.4 Å². The van der Waals surface area contributed by atoms with Crippen LogP contribution in [0.2, 0.25) is 0 Å². The van der Waals surface area contributed by atoms with Crippen molar-refractivity contribution in [3.05, 3.63) is 49.3 Å². The van der Waals surface area contributed by atoms with Gasteiger partial charge < -0.3 is 0 Å². The van der Waals surface area contributed by atoms with Crippen LogP contribution < -0.4 is 5.56 Å². The minimum atomic E-state index is 0.0154. The first-order valence-corrected chi connectivity index (χ1v) is 10.8. The van der Waals surface area contributed by atoms with Gasteiger partial charge in [0.2, 0.25) is 0 Å². The summed E-state index contributed by atoms with van der Waals surface area (Å²) in [5.74, 6) is 0.722. The zero-order valence-electron chi connectivity index (χ0n) is 13.0. The number of nitrogens with zero attached hydrogens (tertiary/aromatic N) is 3. The molecule has 4 nitrogen and oxygen atoms in total. The number of hydrogen-bond acceptors (Lipinski definition) is 7. The van der Waals surface area contributed by atoms with Crippen molar-refractivity contribution >= 4 is 56.0 Å². The van der Waals surface area contributed by atoms with Crippen molar-refractivity contribution in [1.29, 1.82) is 0 Å². The molecule has 122 valence electrons. The number of thiophene rings is 2. The number of rotatable bonds is 4. The van der Waals surface area contributed by atoms with Gasteiger partial charge in [-0.05, 0) is 18.4 Å². The number of hydrogen-bond donors (Lipinski definition) is 0.